The van der Waals surface area contributed by atoms with Gasteiger partial charge < -0.3 is 19.3 Å². The molecule has 2 aromatic carbocycles. The molecule has 4 rings (SSSR count). The minimum Gasteiger partial charge on any atom is -0.496 e. The standard InChI is InChI=1S/C29H30Cl2N2O6S/c1-37-25(28(35)36)14-21-22(30)12-19(13-23(21)31)27(34)33-29-32-24(16-40-29)20-10-4-8-18(26(20)38-2)9-5-11-39-15-17-6-3-7-17/h4,8,10,12-14,16-17H,3,5-7,9,11,15H2,1-2H3,(H,35,36)(H,32,33,34)/b25-14+. The number of rotatable bonds is 13. The molecule has 8 nitrogen and oxygen atoms in total. The third-order valence-electron chi connectivity index (χ3n) is 6.66. The SMILES string of the molecule is CO/C(=C/c1c(Cl)cc(C(=O)Nc2nc(-c3cccc(CCCOCC4CCC4)c3OC)cs2)cc1Cl)C(=O)O. The quantitative estimate of drug-likeness (QED) is 0.121. The number of hydrogen-bond acceptors (Lipinski definition) is 7. The number of methoxy groups -OCH3 is 2. The minimum absolute atomic E-state index is 0.100. The number of aryl methyl sites for hydroxylation is 1. The molecular formula is C29H30Cl2N2O6S. The number of halogens is 2. The van der Waals surface area contributed by atoms with Crippen molar-refractivity contribution in [2.75, 3.05) is 32.8 Å². The largest absolute Gasteiger partial charge is 0.496 e. The van der Waals surface area contributed by atoms with Crippen molar-refractivity contribution >= 4 is 57.6 Å². The Balaban J connectivity index is 1.43. The Morgan fingerprint density at radius 2 is 1.95 bits per heavy atom. The molecule has 1 aliphatic carbocycles. The molecule has 1 amide bonds. The number of benzene rings is 2. The van der Waals surface area contributed by atoms with Crippen LogP contribution in [0.5, 0.6) is 5.75 Å². The van der Waals surface area contributed by atoms with Crippen molar-refractivity contribution in [2.45, 2.75) is 32.1 Å². The van der Waals surface area contributed by atoms with Gasteiger partial charge in [-0.15, -0.1) is 11.3 Å². The number of nitrogens with zero attached hydrogens (tertiary/aromatic N) is 1. The number of aromatic nitrogens is 1. The predicted octanol–water partition coefficient (Wildman–Crippen LogP) is 7.20. The van der Waals surface area contributed by atoms with Crippen LogP contribution in [0.3, 0.4) is 0 Å². The Morgan fingerprint density at radius 1 is 1.20 bits per heavy atom. The van der Waals surface area contributed by atoms with Crippen LogP contribution in [0.25, 0.3) is 17.3 Å². The average molecular weight is 606 g/mol. The summed E-state index contributed by atoms with van der Waals surface area (Å²) in [6, 6.07) is 8.76. The first-order valence-electron chi connectivity index (χ1n) is 12.8. The number of carboxylic acid groups (broad SMARTS) is 1. The van der Waals surface area contributed by atoms with E-state index in [-0.39, 0.29) is 26.9 Å². The van der Waals surface area contributed by atoms with E-state index in [4.69, 9.17) is 37.4 Å². The number of thiazole rings is 1. The number of ether oxygens (including phenoxy) is 3. The first-order chi connectivity index (χ1) is 19.3. The van der Waals surface area contributed by atoms with Crippen molar-refractivity contribution in [3.8, 4) is 17.0 Å². The summed E-state index contributed by atoms with van der Waals surface area (Å²) in [4.78, 5) is 28.8. The Kier molecular flexibility index (Phi) is 10.4. The van der Waals surface area contributed by atoms with Crippen LogP contribution in [-0.4, -0.2) is 49.4 Å². The summed E-state index contributed by atoms with van der Waals surface area (Å²) in [5, 5.41) is 14.4. The number of anilines is 1. The molecular weight excluding hydrogens is 575 g/mol. The summed E-state index contributed by atoms with van der Waals surface area (Å²) >= 11 is 13.9. The lowest BCUT2D eigenvalue weighted by Gasteiger charge is -2.24. The minimum atomic E-state index is -1.27. The highest BCUT2D eigenvalue weighted by Crippen LogP contribution is 2.36. The molecule has 0 saturated heterocycles. The topological polar surface area (TPSA) is 107 Å². The van der Waals surface area contributed by atoms with Crippen LogP contribution < -0.4 is 10.1 Å². The maximum atomic E-state index is 12.9. The van der Waals surface area contributed by atoms with Crippen LogP contribution in [0.1, 0.15) is 47.2 Å². The molecule has 0 bridgehead atoms. The highest BCUT2D eigenvalue weighted by Gasteiger charge is 2.19. The third kappa shape index (κ3) is 7.34. The lowest BCUT2D eigenvalue weighted by molar-refractivity contribution is -0.135. The first-order valence-corrected chi connectivity index (χ1v) is 14.4. The van der Waals surface area contributed by atoms with E-state index in [9.17, 15) is 14.7 Å². The van der Waals surface area contributed by atoms with Crippen LogP contribution in [0.15, 0.2) is 41.5 Å². The molecule has 3 aromatic rings. The second kappa shape index (κ2) is 14.0. The third-order valence-corrected chi connectivity index (χ3v) is 8.04. The van der Waals surface area contributed by atoms with Gasteiger partial charge in [-0.2, -0.15) is 0 Å². The zero-order chi connectivity index (χ0) is 28.6. The van der Waals surface area contributed by atoms with Crippen molar-refractivity contribution < 1.29 is 28.9 Å². The zero-order valence-corrected chi connectivity index (χ0v) is 24.5. The molecule has 1 heterocycles. The number of carbonyl (C=O) groups excluding carboxylic acids is 1. The summed E-state index contributed by atoms with van der Waals surface area (Å²) < 4.78 is 16.4. The fourth-order valence-corrected chi connectivity index (χ4v) is 5.62. The van der Waals surface area contributed by atoms with Crippen LogP contribution >= 0.6 is 34.5 Å². The van der Waals surface area contributed by atoms with Gasteiger partial charge in [0.25, 0.3) is 5.91 Å². The fraction of sp³-hybridized carbons (Fsp3) is 0.345. The second-order valence-corrected chi connectivity index (χ2v) is 11.0. The Bertz CT molecular complexity index is 1380. The Labute approximate surface area is 246 Å². The molecule has 0 atom stereocenters. The van der Waals surface area contributed by atoms with Gasteiger partial charge in [0.15, 0.2) is 5.13 Å². The van der Waals surface area contributed by atoms with Crippen molar-refractivity contribution in [1.29, 1.82) is 0 Å². The van der Waals surface area contributed by atoms with E-state index in [0.29, 0.717) is 10.8 Å². The van der Waals surface area contributed by atoms with E-state index < -0.39 is 11.9 Å². The van der Waals surface area contributed by atoms with Gasteiger partial charge in [0, 0.05) is 35.3 Å². The number of hydrogen-bond donors (Lipinski definition) is 2. The molecule has 1 saturated carbocycles. The van der Waals surface area contributed by atoms with Gasteiger partial charge in [-0.05, 0) is 61.4 Å². The zero-order valence-electron chi connectivity index (χ0n) is 22.2. The molecule has 40 heavy (non-hydrogen) atoms. The van der Waals surface area contributed by atoms with Crippen molar-refractivity contribution in [3.63, 3.8) is 0 Å². The normalized spacial score (nSPS) is 13.6. The van der Waals surface area contributed by atoms with Crippen LogP contribution in [0.4, 0.5) is 5.13 Å². The summed E-state index contributed by atoms with van der Waals surface area (Å²) in [5.74, 6) is -0.591. The van der Waals surface area contributed by atoms with E-state index in [0.717, 1.165) is 48.8 Å². The smallest absolute Gasteiger partial charge is 0.371 e. The van der Waals surface area contributed by atoms with E-state index in [1.54, 1.807) is 7.11 Å². The molecule has 1 aromatic heterocycles. The maximum absolute atomic E-state index is 12.9. The van der Waals surface area contributed by atoms with Gasteiger partial charge in [-0.25, -0.2) is 9.78 Å². The lowest BCUT2D eigenvalue weighted by Crippen LogP contribution is -2.17. The number of nitrogens with one attached hydrogen (secondary N) is 1. The Hall–Kier alpha value is -3.11. The van der Waals surface area contributed by atoms with E-state index >= 15 is 0 Å². The molecule has 1 aliphatic rings. The maximum Gasteiger partial charge on any atom is 0.371 e. The van der Waals surface area contributed by atoms with E-state index in [2.05, 4.69) is 10.3 Å². The van der Waals surface area contributed by atoms with Crippen molar-refractivity contribution in [3.05, 3.63) is 68.2 Å². The van der Waals surface area contributed by atoms with Crippen molar-refractivity contribution in [1.82, 2.24) is 4.98 Å². The fourth-order valence-electron chi connectivity index (χ4n) is 4.32. The molecule has 0 spiro atoms. The summed E-state index contributed by atoms with van der Waals surface area (Å²) in [7, 11) is 2.87. The molecule has 212 valence electrons. The first kappa shape index (κ1) is 29.9. The average Bonchev–Trinajstić information content (AvgIpc) is 3.36. The van der Waals surface area contributed by atoms with Gasteiger partial charge in [-0.1, -0.05) is 41.8 Å². The van der Waals surface area contributed by atoms with E-state index in [1.807, 2.05) is 23.6 Å². The van der Waals surface area contributed by atoms with Gasteiger partial charge in [0.05, 0.1) is 30.0 Å². The van der Waals surface area contributed by atoms with Crippen molar-refractivity contribution in [2.24, 2.45) is 5.92 Å². The van der Waals surface area contributed by atoms with Crippen LogP contribution in [0, 0.1) is 5.92 Å². The van der Waals surface area contributed by atoms with Gasteiger partial charge in [-0.3, -0.25) is 10.1 Å². The lowest BCUT2D eigenvalue weighted by atomic mass is 9.86. The number of carboxylic acids is 1. The monoisotopic (exact) mass is 604 g/mol. The second-order valence-electron chi connectivity index (χ2n) is 9.34. The molecule has 0 radical (unpaired) electrons. The van der Waals surface area contributed by atoms with Crippen LogP contribution in [-0.2, 0) is 20.7 Å². The number of para-hydroxylation sites is 1. The number of carbonyl (C=O) groups is 2. The van der Waals surface area contributed by atoms with E-state index in [1.165, 1.54) is 55.9 Å². The number of aliphatic carboxylic acids is 1. The molecule has 1 fully saturated rings. The van der Waals surface area contributed by atoms with Gasteiger partial charge in [0.1, 0.15) is 5.75 Å². The highest BCUT2D eigenvalue weighted by atomic mass is 35.5. The summed E-state index contributed by atoms with van der Waals surface area (Å²) in [6.45, 7) is 1.57. The molecule has 11 heteroatoms. The van der Waals surface area contributed by atoms with Crippen LogP contribution in [0.2, 0.25) is 10.0 Å². The predicted molar refractivity (Wildman–Crippen MR) is 158 cm³/mol. The number of amides is 1. The molecule has 0 unspecified atom stereocenters. The summed E-state index contributed by atoms with van der Waals surface area (Å²) in [6.07, 6.45) is 6.79. The molecule has 0 aliphatic heterocycles. The van der Waals surface area contributed by atoms with Gasteiger partial charge in [0.2, 0.25) is 5.76 Å². The highest BCUT2D eigenvalue weighted by molar-refractivity contribution is 7.14. The van der Waals surface area contributed by atoms with Gasteiger partial charge >= 0.3 is 5.97 Å². The Morgan fingerprint density at radius 3 is 2.58 bits per heavy atom. The molecule has 2 N–H and O–H groups in total. The summed E-state index contributed by atoms with van der Waals surface area (Å²) in [5.41, 5.74) is 3.01.